The van der Waals surface area contributed by atoms with Gasteiger partial charge in [-0.15, -0.1) is 11.3 Å². The number of aryl methyl sites for hydroxylation is 2. The molecule has 16 heavy (non-hydrogen) atoms. The normalized spacial score (nSPS) is 13.0. The maximum atomic E-state index is 5.36. The van der Waals surface area contributed by atoms with Crippen molar-refractivity contribution in [3.05, 3.63) is 46.2 Å². The van der Waals surface area contributed by atoms with Gasteiger partial charge in [0.25, 0.3) is 0 Å². The topological polar surface area (TPSA) is 18.5 Å². The minimum absolute atomic E-state index is 0.351. The SMILES string of the molecule is c1csc(CCc2ccc3c(c2)OCO3)c1. The molecule has 82 valence electrons. The van der Waals surface area contributed by atoms with Crippen molar-refractivity contribution < 1.29 is 9.47 Å². The van der Waals surface area contributed by atoms with Gasteiger partial charge in [0.2, 0.25) is 6.79 Å². The summed E-state index contributed by atoms with van der Waals surface area (Å²) in [5.74, 6) is 1.74. The second-order valence-electron chi connectivity index (χ2n) is 3.77. The predicted molar refractivity (Wildman–Crippen MR) is 64.3 cm³/mol. The van der Waals surface area contributed by atoms with E-state index in [1.54, 1.807) is 0 Å². The van der Waals surface area contributed by atoms with E-state index >= 15 is 0 Å². The third kappa shape index (κ3) is 1.91. The van der Waals surface area contributed by atoms with Crippen molar-refractivity contribution >= 4 is 11.3 Å². The molecule has 0 aliphatic carbocycles. The fraction of sp³-hybridized carbons (Fsp3) is 0.231. The van der Waals surface area contributed by atoms with Gasteiger partial charge in [-0.05, 0) is 42.0 Å². The number of hydrogen-bond acceptors (Lipinski definition) is 3. The Labute approximate surface area is 98.4 Å². The van der Waals surface area contributed by atoms with Gasteiger partial charge in [0.15, 0.2) is 11.5 Å². The maximum absolute atomic E-state index is 5.36. The Kier molecular flexibility index (Phi) is 2.54. The van der Waals surface area contributed by atoms with E-state index in [9.17, 15) is 0 Å². The molecule has 0 bridgehead atoms. The van der Waals surface area contributed by atoms with Crippen LogP contribution in [-0.2, 0) is 12.8 Å². The first-order valence-corrected chi connectivity index (χ1v) is 6.21. The van der Waals surface area contributed by atoms with Gasteiger partial charge in [-0.3, -0.25) is 0 Å². The summed E-state index contributed by atoms with van der Waals surface area (Å²) in [6.07, 6.45) is 2.15. The van der Waals surface area contributed by atoms with Crippen LogP contribution in [0.4, 0.5) is 0 Å². The molecule has 1 aromatic carbocycles. The van der Waals surface area contributed by atoms with Crippen molar-refractivity contribution in [1.29, 1.82) is 0 Å². The quantitative estimate of drug-likeness (QED) is 0.808. The fourth-order valence-electron chi connectivity index (χ4n) is 1.82. The van der Waals surface area contributed by atoms with E-state index in [-0.39, 0.29) is 0 Å². The number of benzene rings is 1. The van der Waals surface area contributed by atoms with Crippen LogP contribution in [0.15, 0.2) is 35.7 Å². The summed E-state index contributed by atoms with van der Waals surface area (Å²) >= 11 is 1.81. The Hall–Kier alpha value is -1.48. The predicted octanol–water partition coefficient (Wildman–Crippen LogP) is 3.26. The molecule has 0 saturated heterocycles. The van der Waals surface area contributed by atoms with Gasteiger partial charge in [0, 0.05) is 4.88 Å². The van der Waals surface area contributed by atoms with Gasteiger partial charge < -0.3 is 9.47 Å². The minimum Gasteiger partial charge on any atom is -0.454 e. The molecule has 0 amide bonds. The first-order chi connectivity index (χ1) is 7.92. The second-order valence-corrected chi connectivity index (χ2v) is 4.80. The molecule has 0 saturated carbocycles. The second kappa shape index (κ2) is 4.18. The van der Waals surface area contributed by atoms with Gasteiger partial charge in [-0.1, -0.05) is 12.1 Å². The molecule has 0 unspecified atom stereocenters. The Morgan fingerprint density at radius 3 is 2.88 bits per heavy atom. The number of thiophene rings is 1. The van der Waals surface area contributed by atoms with Crippen molar-refractivity contribution in [3.63, 3.8) is 0 Å². The summed E-state index contributed by atoms with van der Waals surface area (Å²) in [4.78, 5) is 1.43. The van der Waals surface area contributed by atoms with Crippen molar-refractivity contribution in [3.8, 4) is 11.5 Å². The minimum atomic E-state index is 0.351. The van der Waals surface area contributed by atoms with Crippen LogP contribution >= 0.6 is 11.3 Å². The summed E-state index contributed by atoms with van der Waals surface area (Å²) < 4.78 is 10.6. The molecular formula is C13H12O2S. The summed E-state index contributed by atoms with van der Waals surface area (Å²) in [6, 6.07) is 10.5. The Morgan fingerprint density at radius 2 is 2.00 bits per heavy atom. The Bertz CT molecular complexity index is 477. The molecule has 0 N–H and O–H groups in total. The smallest absolute Gasteiger partial charge is 0.231 e. The Balaban J connectivity index is 1.71. The highest BCUT2D eigenvalue weighted by Crippen LogP contribution is 2.32. The van der Waals surface area contributed by atoms with Crippen molar-refractivity contribution in [1.82, 2.24) is 0 Å². The average Bonchev–Trinajstić information content (AvgIpc) is 2.97. The highest BCUT2D eigenvalue weighted by molar-refractivity contribution is 7.09. The molecule has 2 heterocycles. The Morgan fingerprint density at radius 1 is 1.06 bits per heavy atom. The van der Waals surface area contributed by atoms with Crippen LogP contribution in [0.25, 0.3) is 0 Å². The van der Waals surface area contributed by atoms with Crippen molar-refractivity contribution in [2.24, 2.45) is 0 Å². The molecule has 2 aromatic rings. The lowest BCUT2D eigenvalue weighted by Gasteiger charge is -2.01. The highest BCUT2D eigenvalue weighted by atomic mass is 32.1. The van der Waals surface area contributed by atoms with Crippen LogP contribution in [-0.4, -0.2) is 6.79 Å². The van der Waals surface area contributed by atoms with E-state index in [0.717, 1.165) is 24.3 Å². The maximum Gasteiger partial charge on any atom is 0.231 e. The summed E-state index contributed by atoms with van der Waals surface area (Å²) in [5, 5.41) is 2.12. The molecule has 0 fully saturated rings. The molecule has 3 rings (SSSR count). The lowest BCUT2D eigenvalue weighted by Crippen LogP contribution is -1.93. The zero-order chi connectivity index (χ0) is 10.8. The van der Waals surface area contributed by atoms with Gasteiger partial charge in [0.1, 0.15) is 0 Å². The fourth-order valence-corrected chi connectivity index (χ4v) is 2.53. The molecule has 0 spiro atoms. The molecular weight excluding hydrogens is 220 g/mol. The lowest BCUT2D eigenvalue weighted by molar-refractivity contribution is 0.174. The first kappa shape index (κ1) is 9.73. The standard InChI is InChI=1S/C13H12O2S/c1-2-11(16-7-1)5-3-10-4-6-12-13(8-10)15-9-14-12/h1-2,4,6-8H,3,5,9H2. The first-order valence-electron chi connectivity index (χ1n) is 5.33. The number of ether oxygens (including phenoxy) is 2. The molecule has 1 aliphatic heterocycles. The van der Waals surface area contributed by atoms with E-state index in [4.69, 9.17) is 9.47 Å². The van der Waals surface area contributed by atoms with E-state index in [2.05, 4.69) is 29.6 Å². The van der Waals surface area contributed by atoms with E-state index in [1.165, 1.54) is 10.4 Å². The van der Waals surface area contributed by atoms with Crippen LogP contribution in [0.1, 0.15) is 10.4 Å². The summed E-state index contributed by atoms with van der Waals surface area (Å²) in [6.45, 7) is 0.351. The largest absolute Gasteiger partial charge is 0.454 e. The van der Waals surface area contributed by atoms with Gasteiger partial charge >= 0.3 is 0 Å². The van der Waals surface area contributed by atoms with E-state index < -0.39 is 0 Å². The van der Waals surface area contributed by atoms with Gasteiger partial charge in [0.05, 0.1) is 0 Å². The average molecular weight is 232 g/mol. The summed E-state index contributed by atoms with van der Waals surface area (Å²) in [5.41, 5.74) is 1.30. The molecule has 1 aromatic heterocycles. The highest BCUT2D eigenvalue weighted by Gasteiger charge is 2.12. The third-order valence-electron chi connectivity index (χ3n) is 2.68. The number of fused-ring (bicyclic) bond motifs is 1. The molecule has 3 heteroatoms. The third-order valence-corrected chi connectivity index (χ3v) is 3.61. The number of rotatable bonds is 3. The van der Waals surface area contributed by atoms with Crippen LogP contribution in [0.3, 0.4) is 0 Å². The molecule has 0 atom stereocenters. The van der Waals surface area contributed by atoms with Crippen LogP contribution in [0.2, 0.25) is 0 Å². The number of hydrogen-bond donors (Lipinski definition) is 0. The van der Waals surface area contributed by atoms with Gasteiger partial charge in [-0.2, -0.15) is 0 Å². The van der Waals surface area contributed by atoms with E-state index in [0.29, 0.717) is 6.79 Å². The zero-order valence-corrected chi connectivity index (χ0v) is 9.63. The van der Waals surface area contributed by atoms with Crippen LogP contribution < -0.4 is 9.47 Å². The summed E-state index contributed by atoms with van der Waals surface area (Å²) in [7, 11) is 0. The monoisotopic (exact) mass is 232 g/mol. The molecule has 0 radical (unpaired) electrons. The van der Waals surface area contributed by atoms with Crippen LogP contribution in [0, 0.1) is 0 Å². The van der Waals surface area contributed by atoms with E-state index in [1.807, 2.05) is 17.4 Å². The molecule has 2 nitrogen and oxygen atoms in total. The lowest BCUT2D eigenvalue weighted by atomic mass is 10.1. The molecule has 1 aliphatic rings. The zero-order valence-electron chi connectivity index (χ0n) is 8.81. The van der Waals surface area contributed by atoms with Gasteiger partial charge in [-0.25, -0.2) is 0 Å². The van der Waals surface area contributed by atoms with Crippen molar-refractivity contribution in [2.45, 2.75) is 12.8 Å². The van der Waals surface area contributed by atoms with Crippen LogP contribution in [0.5, 0.6) is 11.5 Å². The van der Waals surface area contributed by atoms with Crippen molar-refractivity contribution in [2.75, 3.05) is 6.79 Å².